The van der Waals surface area contributed by atoms with Crippen molar-refractivity contribution in [2.45, 2.75) is 31.2 Å². The van der Waals surface area contributed by atoms with E-state index >= 15 is 0 Å². The van der Waals surface area contributed by atoms with Crippen molar-refractivity contribution in [3.05, 3.63) is 35.9 Å². The third-order valence-corrected chi connectivity index (χ3v) is 4.63. The van der Waals surface area contributed by atoms with Crippen molar-refractivity contribution in [3.8, 4) is 0 Å². The fourth-order valence-electron chi connectivity index (χ4n) is 3.49. The molecule has 2 aliphatic rings. The Morgan fingerprint density at radius 3 is 2.48 bits per heavy atom. The van der Waals surface area contributed by atoms with Crippen LogP contribution < -0.4 is 5.32 Å². The number of nitrogens with zero attached hydrogens (tertiary/aromatic N) is 1. The van der Waals surface area contributed by atoms with Crippen LogP contribution in [0.3, 0.4) is 0 Å². The van der Waals surface area contributed by atoms with E-state index in [0.29, 0.717) is 6.54 Å². The number of hydrogen-bond acceptors (Lipinski definition) is 3. The van der Waals surface area contributed by atoms with Gasteiger partial charge in [-0.3, -0.25) is 9.69 Å². The molecule has 0 spiro atoms. The fraction of sp³-hybridized carbons (Fsp3) is 0.588. The number of hydrogen-bond donors (Lipinski definition) is 1. The normalized spacial score (nSPS) is 22.1. The van der Waals surface area contributed by atoms with E-state index in [9.17, 15) is 4.79 Å². The Hall–Kier alpha value is -1.39. The van der Waals surface area contributed by atoms with Crippen molar-refractivity contribution in [2.24, 2.45) is 0 Å². The summed E-state index contributed by atoms with van der Waals surface area (Å²) in [6, 6.07) is 10.4. The highest BCUT2D eigenvalue weighted by molar-refractivity contribution is 5.79. The van der Waals surface area contributed by atoms with Crippen LogP contribution in [0.2, 0.25) is 0 Å². The first-order valence-corrected chi connectivity index (χ1v) is 7.95. The highest BCUT2D eigenvalue weighted by atomic mass is 16.5. The third kappa shape index (κ3) is 3.44. The van der Waals surface area contributed by atoms with Gasteiger partial charge in [-0.05, 0) is 18.4 Å². The summed E-state index contributed by atoms with van der Waals surface area (Å²) >= 11 is 0. The van der Waals surface area contributed by atoms with Gasteiger partial charge in [0.25, 0.3) is 0 Å². The second-order valence-corrected chi connectivity index (χ2v) is 6.09. The lowest BCUT2D eigenvalue weighted by atomic mass is 9.88. The molecule has 0 unspecified atom stereocenters. The molecule has 21 heavy (non-hydrogen) atoms. The number of amides is 1. The van der Waals surface area contributed by atoms with Crippen LogP contribution in [0.25, 0.3) is 0 Å². The molecular formula is C17H24N2O2. The summed E-state index contributed by atoms with van der Waals surface area (Å²) in [5, 5.41) is 3.33. The average molecular weight is 288 g/mol. The topological polar surface area (TPSA) is 41.6 Å². The molecule has 1 aromatic carbocycles. The first-order valence-electron chi connectivity index (χ1n) is 7.95. The Bertz CT molecular complexity index is 463. The molecule has 1 saturated carbocycles. The minimum atomic E-state index is -0.148. The maximum absolute atomic E-state index is 12.5. The van der Waals surface area contributed by atoms with Gasteiger partial charge >= 0.3 is 0 Å². The molecule has 3 rings (SSSR count). The number of ether oxygens (including phenoxy) is 1. The number of morpholine rings is 1. The monoisotopic (exact) mass is 288 g/mol. The lowest BCUT2D eigenvalue weighted by Gasteiger charge is -2.33. The molecule has 1 aliphatic carbocycles. The van der Waals surface area contributed by atoms with Gasteiger partial charge < -0.3 is 10.1 Å². The molecule has 1 saturated heterocycles. The number of benzene rings is 1. The Kier molecular flexibility index (Phi) is 4.56. The van der Waals surface area contributed by atoms with E-state index in [1.54, 1.807) is 0 Å². The molecule has 0 aromatic heterocycles. The second kappa shape index (κ2) is 6.58. The van der Waals surface area contributed by atoms with Gasteiger partial charge in [-0.25, -0.2) is 0 Å². The van der Waals surface area contributed by atoms with Gasteiger partial charge in [0.05, 0.1) is 25.3 Å². The third-order valence-electron chi connectivity index (χ3n) is 4.63. The van der Waals surface area contributed by atoms with Crippen LogP contribution in [0, 0.1) is 0 Å². The van der Waals surface area contributed by atoms with Crippen LogP contribution in [0.4, 0.5) is 0 Å². The smallest absolute Gasteiger partial charge is 0.234 e. The molecule has 114 valence electrons. The molecule has 0 bridgehead atoms. The minimum Gasteiger partial charge on any atom is -0.379 e. The van der Waals surface area contributed by atoms with Crippen molar-refractivity contribution >= 4 is 5.91 Å². The van der Waals surface area contributed by atoms with Gasteiger partial charge in [-0.2, -0.15) is 0 Å². The summed E-state index contributed by atoms with van der Waals surface area (Å²) in [5.41, 5.74) is 1.10. The fourth-order valence-corrected chi connectivity index (χ4v) is 3.49. The Morgan fingerprint density at radius 1 is 1.14 bits per heavy atom. The quantitative estimate of drug-likeness (QED) is 0.920. The summed E-state index contributed by atoms with van der Waals surface area (Å²) in [5.74, 6) is 0.141. The molecule has 1 heterocycles. The molecule has 1 N–H and O–H groups in total. The van der Waals surface area contributed by atoms with Crippen LogP contribution in [0.15, 0.2) is 30.3 Å². The van der Waals surface area contributed by atoms with Crippen molar-refractivity contribution in [1.29, 1.82) is 0 Å². The van der Waals surface area contributed by atoms with E-state index in [-0.39, 0.29) is 11.4 Å². The maximum atomic E-state index is 12.5. The van der Waals surface area contributed by atoms with Crippen LogP contribution in [-0.2, 0) is 15.1 Å². The predicted octanol–water partition coefficient (Wildman–Crippen LogP) is 1.90. The summed E-state index contributed by atoms with van der Waals surface area (Å²) in [6.07, 6.45) is 4.47. The van der Waals surface area contributed by atoms with Gasteiger partial charge in [0, 0.05) is 13.1 Å². The van der Waals surface area contributed by atoms with Crippen LogP contribution >= 0.6 is 0 Å². The lowest BCUT2D eigenvalue weighted by Crippen LogP contribution is -2.49. The summed E-state index contributed by atoms with van der Waals surface area (Å²) in [7, 11) is 0. The predicted molar refractivity (Wildman–Crippen MR) is 82.0 cm³/mol. The minimum absolute atomic E-state index is 0.141. The molecule has 2 fully saturated rings. The first-order chi connectivity index (χ1) is 10.3. The highest BCUT2D eigenvalue weighted by Crippen LogP contribution is 2.38. The van der Waals surface area contributed by atoms with Crippen LogP contribution in [-0.4, -0.2) is 43.7 Å². The Balaban J connectivity index is 1.66. The number of rotatable bonds is 4. The van der Waals surface area contributed by atoms with E-state index in [4.69, 9.17) is 4.74 Å². The van der Waals surface area contributed by atoms with Crippen molar-refractivity contribution in [3.63, 3.8) is 0 Å². The van der Waals surface area contributed by atoms with E-state index in [1.807, 2.05) is 6.07 Å². The van der Waals surface area contributed by atoms with Gasteiger partial charge in [0.15, 0.2) is 0 Å². The Morgan fingerprint density at radius 2 is 1.81 bits per heavy atom. The number of carbonyl (C=O) groups is 1. The summed E-state index contributed by atoms with van der Waals surface area (Å²) < 4.78 is 5.33. The molecule has 1 aromatic rings. The van der Waals surface area contributed by atoms with Crippen molar-refractivity contribution in [1.82, 2.24) is 10.2 Å². The molecule has 1 aliphatic heterocycles. The van der Waals surface area contributed by atoms with E-state index in [2.05, 4.69) is 34.5 Å². The second-order valence-electron chi connectivity index (χ2n) is 6.09. The van der Waals surface area contributed by atoms with Gasteiger partial charge in [0.1, 0.15) is 0 Å². The van der Waals surface area contributed by atoms with Gasteiger partial charge in [0.2, 0.25) is 5.91 Å². The Labute approximate surface area is 126 Å². The molecule has 0 atom stereocenters. The average Bonchev–Trinajstić information content (AvgIpc) is 2.99. The van der Waals surface area contributed by atoms with E-state index in [1.165, 1.54) is 18.4 Å². The summed E-state index contributed by atoms with van der Waals surface area (Å²) in [6.45, 7) is 3.66. The molecule has 4 heteroatoms. The molecule has 1 amide bonds. The zero-order valence-corrected chi connectivity index (χ0v) is 12.5. The van der Waals surface area contributed by atoms with Gasteiger partial charge in [-0.1, -0.05) is 43.2 Å². The molecular weight excluding hydrogens is 264 g/mol. The van der Waals surface area contributed by atoms with Crippen LogP contribution in [0.5, 0.6) is 0 Å². The zero-order valence-electron chi connectivity index (χ0n) is 12.5. The number of nitrogens with one attached hydrogen (secondary N) is 1. The zero-order chi connectivity index (χ0) is 14.5. The SMILES string of the molecule is O=C(CN1CCOCC1)NC1(c2ccccc2)CCCC1. The maximum Gasteiger partial charge on any atom is 0.234 e. The van der Waals surface area contributed by atoms with E-state index < -0.39 is 0 Å². The lowest BCUT2D eigenvalue weighted by molar-refractivity contribution is -0.125. The largest absolute Gasteiger partial charge is 0.379 e. The first kappa shape index (κ1) is 14.5. The highest BCUT2D eigenvalue weighted by Gasteiger charge is 2.37. The van der Waals surface area contributed by atoms with Crippen molar-refractivity contribution in [2.75, 3.05) is 32.8 Å². The van der Waals surface area contributed by atoms with E-state index in [0.717, 1.165) is 39.1 Å². The standard InChI is InChI=1S/C17H24N2O2/c20-16(14-19-10-12-21-13-11-19)18-17(8-4-5-9-17)15-6-2-1-3-7-15/h1-3,6-7H,4-5,8-14H2,(H,18,20). The number of carbonyl (C=O) groups excluding carboxylic acids is 1. The molecule has 4 nitrogen and oxygen atoms in total. The van der Waals surface area contributed by atoms with Gasteiger partial charge in [-0.15, -0.1) is 0 Å². The summed E-state index contributed by atoms with van der Waals surface area (Å²) in [4.78, 5) is 14.6. The van der Waals surface area contributed by atoms with Crippen molar-refractivity contribution < 1.29 is 9.53 Å². The van der Waals surface area contributed by atoms with Crippen LogP contribution in [0.1, 0.15) is 31.2 Å². The molecule has 0 radical (unpaired) electrons.